The van der Waals surface area contributed by atoms with Crippen LogP contribution in [0.15, 0.2) is 12.3 Å². The van der Waals surface area contributed by atoms with Crippen LogP contribution in [0.25, 0.3) is 0 Å². The van der Waals surface area contributed by atoms with Gasteiger partial charge in [0.05, 0.1) is 17.7 Å². The number of ether oxygens (including phenoxy) is 1. The molecule has 1 aromatic heterocycles. The minimum Gasteiger partial charge on any atom is -0.467 e. The topological polar surface area (TPSA) is 59.5 Å². The first kappa shape index (κ1) is 15.1. The quantitative estimate of drug-likeness (QED) is 0.621. The van der Waals surface area contributed by atoms with Crippen molar-refractivity contribution < 1.29 is 14.3 Å². The van der Waals surface area contributed by atoms with Gasteiger partial charge in [0.1, 0.15) is 11.2 Å². The third-order valence-electron chi connectivity index (χ3n) is 3.28. The summed E-state index contributed by atoms with van der Waals surface area (Å²) in [7, 11) is 1.32. The number of methoxy groups -OCH3 is 1. The Balaban J connectivity index is 2.25. The molecule has 0 saturated carbocycles. The zero-order valence-corrected chi connectivity index (χ0v) is 12.4. The summed E-state index contributed by atoms with van der Waals surface area (Å²) in [6.45, 7) is 0.513. The van der Waals surface area contributed by atoms with Gasteiger partial charge in [0.15, 0.2) is 0 Å². The van der Waals surface area contributed by atoms with Gasteiger partial charge in [-0.1, -0.05) is 23.2 Å². The molecule has 1 aliphatic rings. The number of esters is 1. The van der Waals surface area contributed by atoms with E-state index in [0.717, 1.165) is 12.8 Å². The molecule has 0 spiro atoms. The molecule has 2 heterocycles. The standard InChI is InChI=1S/C13H14Cl2N2O3/c1-20-13(19)10-4-2-3-5-17(10)12(18)8-6-9(14)11(15)16-7-8/h6-7,10H,2-5H2,1H3/t10-/m1/s1. The maximum atomic E-state index is 12.5. The molecule has 1 fully saturated rings. The van der Waals surface area contributed by atoms with Crippen LogP contribution in [0.4, 0.5) is 0 Å². The lowest BCUT2D eigenvalue weighted by molar-refractivity contribution is -0.147. The minimum atomic E-state index is -0.546. The van der Waals surface area contributed by atoms with Crippen molar-refractivity contribution >= 4 is 35.1 Å². The average Bonchev–Trinajstić information content (AvgIpc) is 2.48. The predicted octanol–water partition coefficient (Wildman–Crippen LogP) is 2.56. The summed E-state index contributed by atoms with van der Waals surface area (Å²) < 4.78 is 4.75. The van der Waals surface area contributed by atoms with Gasteiger partial charge in [-0.15, -0.1) is 0 Å². The average molecular weight is 317 g/mol. The molecular formula is C13H14Cl2N2O3. The van der Waals surface area contributed by atoms with Crippen LogP contribution in [0.5, 0.6) is 0 Å². The highest BCUT2D eigenvalue weighted by Crippen LogP contribution is 2.24. The van der Waals surface area contributed by atoms with Crippen molar-refractivity contribution in [2.24, 2.45) is 0 Å². The lowest BCUT2D eigenvalue weighted by atomic mass is 10.0. The van der Waals surface area contributed by atoms with E-state index >= 15 is 0 Å². The molecule has 5 nitrogen and oxygen atoms in total. The second kappa shape index (κ2) is 6.41. The molecule has 108 valence electrons. The normalized spacial score (nSPS) is 18.8. The summed E-state index contributed by atoms with van der Waals surface area (Å²) in [6, 6.07) is 0.915. The number of halogens is 2. The highest BCUT2D eigenvalue weighted by molar-refractivity contribution is 6.41. The van der Waals surface area contributed by atoms with Crippen LogP contribution in [-0.4, -0.2) is 41.5 Å². The van der Waals surface area contributed by atoms with Crippen molar-refractivity contribution in [2.45, 2.75) is 25.3 Å². The number of carbonyl (C=O) groups excluding carboxylic acids is 2. The Kier molecular flexibility index (Phi) is 4.83. The van der Waals surface area contributed by atoms with Crippen LogP contribution >= 0.6 is 23.2 Å². The third kappa shape index (κ3) is 3.04. The molecule has 0 bridgehead atoms. The van der Waals surface area contributed by atoms with E-state index in [9.17, 15) is 9.59 Å². The van der Waals surface area contributed by atoms with Gasteiger partial charge in [0.2, 0.25) is 0 Å². The fourth-order valence-electron chi connectivity index (χ4n) is 2.26. The van der Waals surface area contributed by atoms with Gasteiger partial charge < -0.3 is 9.64 Å². The monoisotopic (exact) mass is 316 g/mol. The third-order valence-corrected chi connectivity index (χ3v) is 3.97. The highest BCUT2D eigenvalue weighted by Gasteiger charge is 2.33. The number of aromatic nitrogens is 1. The van der Waals surface area contributed by atoms with Gasteiger partial charge in [0.25, 0.3) is 5.91 Å². The van der Waals surface area contributed by atoms with Crippen molar-refractivity contribution in [2.75, 3.05) is 13.7 Å². The number of hydrogen-bond acceptors (Lipinski definition) is 4. The van der Waals surface area contributed by atoms with Gasteiger partial charge in [-0.05, 0) is 25.3 Å². The zero-order valence-electron chi connectivity index (χ0n) is 10.9. The molecule has 0 N–H and O–H groups in total. The molecule has 1 aliphatic heterocycles. The Hall–Kier alpha value is -1.33. The molecular weight excluding hydrogens is 303 g/mol. The molecule has 0 radical (unpaired) electrons. The number of amides is 1. The molecule has 2 rings (SSSR count). The summed E-state index contributed by atoms with van der Waals surface area (Å²) in [5.74, 6) is -0.683. The van der Waals surface area contributed by atoms with E-state index < -0.39 is 12.0 Å². The smallest absolute Gasteiger partial charge is 0.328 e. The molecule has 1 aromatic rings. The molecule has 0 unspecified atom stereocenters. The van der Waals surface area contributed by atoms with Crippen molar-refractivity contribution in [1.29, 1.82) is 0 Å². The first-order valence-corrected chi connectivity index (χ1v) is 7.00. The molecule has 1 amide bonds. The summed E-state index contributed by atoms with van der Waals surface area (Å²) in [5.41, 5.74) is 0.315. The number of rotatable bonds is 2. The lowest BCUT2D eigenvalue weighted by Gasteiger charge is -2.33. The van der Waals surface area contributed by atoms with Gasteiger partial charge in [0, 0.05) is 12.7 Å². The Morgan fingerprint density at radius 2 is 2.15 bits per heavy atom. The van der Waals surface area contributed by atoms with Crippen molar-refractivity contribution in [3.63, 3.8) is 0 Å². The predicted molar refractivity (Wildman–Crippen MR) is 74.9 cm³/mol. The van der Waals surface area contributed by atoms with Crippen LogP contribution in [0.1, 0.15) is 29.6 Å². The first-order valence-electron chi connectivity index (χ1n) is 6.24. The molecule has 7 heteroatoms. The second-order valence-electron chi connectivity index (χ2n) is 4.53. The van der Waals surface area contributed by atoms with E-state index in [1.165, 1.54) is 24.3 Å². The Labute approximate surface area is 126 Å². The highest BCUT2D eigenvalue weighted by atomic mass is 35.5. The van der Waals surface area contributed by atoms with Gasteiger partial charge in [-0.3, -0.25) is 4.79 Å². The molecule has 0 aliphatic carbocycles. The van der Waals surface area contributed by atoms with Crippen LogP contribution in [0, 0.1) is 0 Å². The van der Waals surface area contributed by atoms with E-state index in [-0.39, 0.29) is 16.1 Å². The summed E-state index contributed by atoms with van der Waals surface area (Å²) >= 11 is 11.6. The number of piperidine rings is 1. The first-order chi connectivity index (χ1) is 9.54. The van der Waals surface area contributed by atoms with E-state index in [1.807, 2.05) is 0 Å². The molecule has 1 saturated heterocycles. The number of hydrogen-bond donors (Lipinski definition) is 0. The number of nitrogens with zero attached hydrogens (tertiary/aromatic N) is 2. The zero-order chi connectivity index (χ0) is 14.7. The Morgan fingerprint density at radius 1 is 1.40 bits per heavy atom. The maximum absolute atomic E-state index is 12.5. The summed E-state index contributed by atoms with van der Waals surface area (Å²) in [6.07, 6.45) is 3.71. The fourth-order valence-corrected chi connectivity index (χ4v) is 2.53. The van der Waals surface area contributed by atoms with E-state index in [1.54, 1.807) is 0 Å². The van der Waals surface area contributed by atoms with E-state index in [0.29, 0.717) is 18.5 Å². The fraction of sp³-hybridized carbons (Fsp3) is 0.462. The maximum Gasteiger partial charge on any atom is 0.328 e. The minimum absolute atomic E-state index is 0.145. The van der Waals surface area contributed by atoms with Crippen LogP contribution in [0.2, 0.25) is 10.2 Å². The number of pyridine rings is 1. The molecule has 0 aromatic carbocycles. The lowest BCUT2D eigenvalue weighted by Crippen LogP contribution is -2.48. The number of carbonyl (C=O) groups is 2. The van der Waals surface area contributed by atoms with E-state index in [4.69, 9.17) is 27.9 Å². The van der Waals surface area contributed by atoms with Gasteiger partial charge in [-0.2, -0.15) is 0 Å². The van der Waals surface area contributed by atoms with Gasteiger partial charge >= 0.3 is 5.97 Å². The summed E-state index contributed by atoms with van der Waals surface area (Å²) in [5, 5.41) is 0.357. The van der Waals surface area contributed by atoms with Crippen molar-refractivity contribution in [3.8, 4) is 0 Å². The van der Waals surface area contributed by atoms with Gasteiger partial charge in [-0.25, -0.2) is 9.78 Å². The van der Waals surface area contributed by atoms with Crippen molar-refractivity contribution in [3.05, 3.63) is 28.0 Å². The Bertz CT molecular complexity index is 536. The molecule has 1 atom stereocenters. The van der Waals surface area contributed by atoms with Crippen LogP contribution < -0.4 is 0 Å². The second-order valence-corrected chi connectivity index (χ2v) is 5.30. The van der Waals surface area contributed by atoms with Crippen LogP contribution in [0.3, 0.4) is 0 Å². The molecule has 20 heavy (non-hydrogen) atoms. The largest absolute Gasteiger partial charge is 0.467 e. The Morgan fingerprint density at radius 3 is 2.80 bits per heavy atom. The SMILES string of the molecule is COC(=O)[C@H]1CCCCN1C(=O)c1cnc(Cl)c(Cl)c1. The summed E-state index contributed by atoms with van der Waals surface area (Å²) in [4.78, 5) is 29.6. The van der Waals surface area contributed by atoms with E-state index in [2.05, 4.69) is 4.98 Å². The van der Waals surface area contributed by atoms with Crippen LogP contribution in [-0.2, 0) is 9.53 Å². The number of likely N-dealkylation sites (tertiary alicyclic amines) is 1. The van der Waals surface area contributed by atoms with Crippen molar-refractivity contribution in [1.82, 2.24) is 9.88 Å².